The van der Waals surface area contributed by atoms with Gasteiger partial charge in [0.15, 0.2) is 0 Å². The summed E-state index contributed by atoms with van der Waals surface area (Å²) in [5.74, 6) is 1.28. The van der Waals surface area contributed by atoms with E-state index in [1.807, 2.05) is 67.6 Å². The molecule has 1 unspecified atom stereocenters. The van der Waals surface area contributed by atoms with Gasteiger partial charge in [-0.05, 0) is 58.5 Å². The van der Waals surface area contributed by atoms with Gasteiger partial charge < -0.3 is 24.6 Å². The lowest BCUT2D eigenvalue weighted by molar-refractivity contribution is 0.140. The molecule has 0 aromatic heterocycles. The van der Waals surface area contributed by atoms with Crippen molar-refractivity contribution >= 4 is 6.09 Å². The molecule has 4 aromatic rings. The van der Waals surface area contributed by atoms with E-state index in [0.29, 0.717) is 12.4 Å². The molecule has 194 valence electrons. The third-order valence-electron chi connectivity index (χ3n) is 6.92. The number of aliphatic hydroxyl groups is 1. The average molecular weight is 510 g/mol. The number of hydrogen-bond donors (Lipinski definition) is 2. The second-order valence-corrected chi connectivity index (χ2v) is 9.14. The standard InChI is InChI=1S/C32H31NO5/c1-3-37-23-15-13-22(14-16-23)31(28-17-12-21(19-34)18-30(28)36-2)33-32(35)38-20-29-26-10-6-4-8-24(26)25-9-5-7-11-27(25)29/h4-18,29,31,34H,3,19-20H2,1-2H3,(H,33,35). The van der Waals surface area contributed by atoms with Crippen LogP contribution in [0.25, 0.3) is 11.1 Å². The van der Waals surface area contributed by atoms with Crippen LogP contribution in [0.3, 0.4) is 0 Å². The summed E-state index contributed by atoms with van der Waals surface area (Å²) in [7, 11) is 1.57. The Labute approximate surface area is 222 Å². The van der Waals surface area contributed by atoms with E-state index >= 15 is 0 Å². The predicted octanol–water partition coefficient (Wildman–Crippen LogP) is 6.21. The van der Waals surface area contributed by atoms with Crippen molar-refractivity contribution in [2.45, 2.75) is 25.5 Å². The summed E-state index contributed by atoms with van der Waals surface area (Å²) in [5, 5.41) is 12.6. The first kappa shape index (κ1) is 25.4. The van der Waals surface area contributed by atoms with Crippen LogP contribution in [-0.4, -0.2) is 31.5 Å². The number of rotatable bonds is 9. The predicted molar refractivity (Wildman–Crippen MR) is 147 cm³/mol. The number of nitrogens with one attached hydrogen (secondary N) is 1. The Kier molecular flexibility index (Phi) is 7.61. The zero-order chi connectivity index (χ0) is 26.5. The molecule has 0 aliphatic heterocycles. The van der Waals surface area contributed by atoms with Crippen LogP contribution < -0.4 is 14.8 Å². The van der Waals surface area contributed by atoms with Crippen LogP contribution in [0.2, 0.25) is 0 Å². The Morgan fingerprint density at radius 3 is 2.18 bits per heavy atom. The number of methoxy groups -OCH3 is 1. The van der Waals surface area contributed by atoms with Crippen LogP contribution >= 0.6 is 0 Å². The number of alkyl carbamates (subject to hydrolysis) is 1. The van der Waals surface area contributed by atoms with E-state index in [4.69, 9.17) is 14.2 Å². The minimum atomic E-state index is -0.538. The van der Waals surface area contributed by atoms with E-state index in [1.165, 1.54) is 11.1 Å². The summed E-state index contributed by atoms with van der Waals surface area (Å²) in [4.78, 5) is 13.2. The highest BCUT2D eigenvalue weighted by Crippen LogP contribution is 2.44. The van der Waals surface area contributed by atoms with E-state index in [9.17, 15) is 9.90 Å². The molecule has 0 radical (unpaired) electrons. The Morgan fingerprint density at radius 1 is 0.921 bits per heavy atom. The van der Waals surface area contributed by atoms with Gasteiger partial charge in [0.05, 0.1) is 26.4 Å². The molecule has 4 aromatic carbocycles. The van der Waals surface area contributed by atoms with E-state index in [1.54, 1.807) is 13.2 Å². The Hall–Kier alpha value is -4.29. The maximum absolute atomic E-state index is 13.2. The fourth-order valence-corrected chi connectivity index (χ4v) is 5.11. The number of aliphatic hydroxyl groups excluding tert-OH is 1. The average Bonchev–Trinajstić information content (AvgIpc) is 3.29. The van der Waals surface area contributed by atoms with Gasteiger partial charge in [0, 0.05) is 11.5 Å². The minimum absolute atomic E-state index is 0.0320. The molecule has 0 fully saturated rings. The maximum atomic E-state index is 13.2. The number of ether oxygens (including phenoxy) is 3. The lowest BCUT2D eigenvalue weighted by atomic mass is 9.96. The molecule has 1 atom stereocenters. The van der Waals surface area contributed by atoms with E-state index in [0.717, 1.165) is 33.6 Å². The largest absolute Gasteiger partial charge is 0.496 e. The van der Waals surface area contributed by atoms with Crippen molar-refractivity contribution in [3.8, 4) is 22.6 Å². The number of benzene rings is 4. The second-order valence-electron chi connectivity index (χ2n) is 9.14. The molecule has 0 saturated carbocycles. The molecule has 6 nitrogen and oxygen atoms in total. The van der Waals surface area contributed by atoms with Gasteiger partial charge >= 0.3 is 6.09 Å². The summed E-state index contributed by atoms with van der Waals surface area (Å²) in [6.07, 6.45) is -0.529. The van der Waals surface area contributed by atoms with Crippen LogP contribution in [0.5, 0.6) is 11.5 Å². The second kappa shape index (κ2) is 11.4. The molecule has 6 heteroatoms. The molecule has 2 N–H and O–H groups in total. The van der Waals surface area contributed by atoms with Crippen LogP contribution in [0.15, 0.2) is 91.0 Å². The zero-order valence-corrected chi connectivity index (χ0v) is 21.5. The summed E-state index contributed by atoms with van der Waals surface area (Å²) in [5.41, 5.74) is 6.99. The Bertz CT molecular complexity index is 1370. The Balaban J connectivity index is 1.39. The molecule has 1 aliphatic carbocycles. The Morgan fingerprint density at radius 2 is 1.58 bits per heavy atom. The first-order valence-electron chi connectivity index (χ1n) is 12.7. The first-order valence-corrected chi connectivity index (χ1v) is 12.7. The van der Waals surface area contributed by atoms with E-state index in [2.05, 4.69) is 29.6 Å². The van der Waals surface area contributed by atoms with Gasteiger partial charge in [-0.25, -0.2) is 4.79 Å². The summed E-state index contributed by atoms with van der Waals surface area (Å²) in [6, 6.07) is 29.0. The summed E-state index contributed by atoms with van der Waals surface area (Å²) < 4.78 is 17.1. The lowest BCUT2D eigenvalue weighted by Gasteiger charge is -2.23. The van der Waals surface area contributed by atoms with Crippen molar-refractivity contribution in [3.05, 3.63) is 119 Å². The van der Waals surface area contributed by atoms with Crippen molar-refractivity contribution < 1.29 is 24.1 Å². The maximum Gasteiger partial charge on any atom is 0.407 e. The van der Waals surface area contributed by atoms with Gasteiger partial charge in [0.1, 0.15) is 18.1 Å². The third kappa shape index (κ3) is 5.08. The zero-order valence-electron chi connectivity index (χ0n) is 21.5. The van der Waals surface area contributed by atoms with Crippen LogP contribution in [0, 0.1) is 0 Å². The van der Waals surface area contributed by atoms with E-state index in [-0.39, 0.29) is 19.1 Å². The fraction of sp³-hybridized carbons (Fsp3) is 0.219. The summed E-state index contributed by atoms with van der Waals surface area (Å²) >= 11 is 0. The molecule has 1 aliphatic rings. The van der Waals surface area contributed by atoms with Gasteiger partial charge in [-0.15, -0.1) is 0 Å². The van der Waals surface area contributed by atoms with Crippen molar-refractivity contribution in [3.63, 3.8) is 0 Å². The molecule has 1 amide bonds. The highest BCUT2D eigenvalue weighted by atomic mass is 16.5. The lowest BCUT2D eigenvalue weighted by Crippen LogP contribution is -2.31. The molecule has 0 spiro atoms. The molecule has 0 bridgehead atoms. The molecule has 0 heterocycles. The van der Waals surface area contributed by atoms with Crippen LogP contribution in [0.4, 0.5) is 4.79 Å². The molecular weight excluding hydrogens is 478 g/mol. The van der Waals surface area contributed by atoms with Crippen LogP contribution in [0.1, 0.15) is 46.7 Å². The fourth-order valence-electron chi connectivity index (χ4n) is 5.11. The first-order chi connectivity index (χ1) is 18.6. The molecule has 38 heavy (non-hydrogen) atoms. The number of amides is 1. The van der Waals surface area contributed by atoms with Gasteiger partial charge in [0.2, 0.25) is 0 Å². The number of fused-ring (bicyclic) bond motifs is 3. The summed E-state index contributed by atoms with van der Waals surface area (Å²) in [6.45, 7) is 2.61. The quantitative estimate of drug-likeness (QED) is 0.280. The third-order valence-corrected chi connectivity index (χ3v) is 6.92. The van der Waals surface area contributed by atoms with Crippen LogP contribution in [-0.2, 0) is 11.3 Å². The highest BCUT2D eigenvalue weighted by Gasteiger charge is 2.30. The molecule has 0 saturated heterocycles. The van der Waals surface area contributed by atoms with Crippen molar-refractivity contribution in [2.75, 3.05) is 20.3 Å². The minimum Gasteiger partial charge on any atom is -0.496 e. The van der Waals surface area contributed by atoms with Crippen molar-refractivity contribution in [1.29, 1.82) is 0 Å². The topological polar surface area (TPSA) is 77.0 Å². The SMILES string of the molecule is CCOc1ccc(C(NC(=O)OCC2c3ccccc3-c3ccccc32)c2ccc(CO)cc2OC)cc1. The van der Waals surface area contributed by atoms with Crippen molar-refractivity contribution in [2.24, 2.45) is 0 Å². The number of carbonyl (C=O) groups excluding carboxylic acids is 1. The molecular formula is C32H31NO5. The van der Waals surface area contributed by atoms with Gasteiger partial charge in [0.25, 0.3) is 0 Å². The van der Waals surface area contributed by atoms with Crippen molar-refractivity contribution in [1.82, 2.24) is 5.32 Å². The van der Waals surface area contributed by atoms with Gasteiger partial charge in [-0.1, -0.05) is 72.8 Å². The highest BCUT2D eigenvalue weighted by molar-refractivity contribution is 5.79. The smallest absolute Gasteiger partial charge is 0.407 e. The monoisotopic (exact) mass is 509 g/mol. The number of carbonyl (C=O) groups is 1. The van der Waals surface area contributed by atoms with E-state index < -0.39 is 12.1 Å². The normalized spacial score (nSPS) is 12.8. The van der Waals surface area contributed by atoms with Gasteiger partial charge in [-0.3, -0.25) is 0 Å². The van der Waals surface area contributed by atoms with Gasteiger partial charge in [-0.2, -0.15) is 0 Å². The number of hydrogen-bond acceptors (Lipinski definition) is 5. The molecule has 5 rings (SSSR count).